The molecule has 0 unspecified atom stereocenters. The maximum absolute atomic E-state index is 12.1. The van der Waals surface area contributed by atoms with E-state index in [1.54, 1.807) is 0 Å². The summed E-state index contributed by atoms with van der Waals surface area (Å²) in [6, 6.07) is 9.43. The molecule has 0 saturated heterocycles. The fourth-order valence-corrected chi connectivity index (χ4v) is 2.55. The zero-order valence-electron chi connectivity index (χ0n) is 14.4. The molecule has 0 spiro atoms. The molecule has 22 heavy (non-hydrogen) atoms. The van der Waals surface area contributed by atoms with Crippen molar-refractivity contribution >= 4 is 5.91 Å². The monoisotopic (exact) mass is 302 g/mol. The molecular weight excluding hydrogens is 272 g/mol. The molecule has 1 aliphatic carbocycles. The molecule has 3 heteroatoms. The van der Waals surface area contributed by atoms with Crippen molar-refractivity contribution in [1.29, 1.82) is 0 Å². The van der Waals surface area contributed by atoms with Crippen LogP contribution in [0.25, 0.3) is 0 Å². The molecule has 0 aromatic heterocycles. The predicted molar refractivity (Wildman–Crippen MR) is 91.8 cm³/mol. The minimum absolute atomic E-state index is 0.152. The summed E-state index contributed by atoms with van der Waals surface area (Å²) < 4.78 is 0. The lowest BCUT2D eigenvalue weighted by Crippen LogP contribution is -2.39. The van der Waals surface area contributed by atoms with Crippen molar-refractivity contribution in [3.63, 3.8) is 0 Å². The van der Waals surface area contributed by atoms with Crippen molar-refractivity contribution in [2.75, 3.05) is 13.1 Å². The van der Waals surface area contributed by atoms with Gasteiger partial charge in [-0.3, -0.25) is 9.69 Å². The quantitative estimate of drug-likeness (QED) is 0.796. The first kappa shape index (κ1) is 17.0. The molecule has 0 bridgehead atoms. The Morgan fingerprint density at radius 2 is 1.82 bits per heavy atom. The zero-order chi connectivity index (χ0) is 16.1. The number of hydrogen-bond acceptors (Lipinski definition) is 2. The van der Waals surface area contributed by atoms with Gasteiger partial charge in [0.1, 0.15) is 0 Å². The summed E-state index contributed by atoms with van der Waals surface area (Å²) in [6.07, 6.45) is 2.45. The number of carbonyl (C=O) groups excluding carboxylic acids is 1. The van der Waals surface area contributed by atoms with Gasteiger partial charge in [0.2, 0.25) is 5.91 Å². The van der Waals surface area contributed by atoms with Gasteiger partial charge in [-0.25, -0.2) is 0 Å². The van der Waals surface area contributed by atoms with Crippen LogP contribution in [-0.2, 0) is 11.3 Å². The van der Waals surface area contributed by atoms with E-state index in [4.69, 9.17) is 0 Å². The number of nitrogens with one attached hydrogen (secondary N) is 1. The lowest BCUT2D eigenvalue weighted by atomic mass is 10.0. The second-order valence-electron chi connectivity index (χ2n) is 7.23. The Bertz CT molecular complexity index is 475. The van der Waals surface area contributed by atoms with E-state index in [0.717, 1.165) is 13.1 Å². The largest absolute Gasteiger partial charge is 0.355 e. The van der Waals surface area contributed by atoms with Crippen molar-refractivity contribution in [3.8, 4) is 0 Å². The fraction of sp³-hybridized carbons (Fsp3) is 0.632. The van der Waals surface area contributed by atoms with Gasteiger partial charge in [0, 0.05) is 19.1 Å². The summed E-state index contributed by atoms with van der Waals surface area (Å²) in [5, 5.41) is 3.02. The number of benzene rings is 1. The molecule has 0 atom stereocenters. The molecule has 1 fully saturated rings. The van der Waals surface area contributed by atoms with Crippen molar-refractivity contribution in [1.82, 2.24) is 10.2 Å². The third-order valence-corrected chi connectivity index (χ3v) is 4.15. The van der Waals surface area contributed by atoms with Gasteiger partial charge >= 0.3 is 0 Å². The highest BCUT2D eigenvalue weighted by molar-refractivity contribution is 5.78. The van der Waals surface area contributed by atoms with Crippen LogP contribution < -0.4 is 5.32 Å². The Hall–Kier alpha value is -1.35. The van der Waals surface area contributed by atoms with Gasteiger partial charge in [-0.15, -0.1) is 0 Å². The van der Waals surface area contributed by atoms with Gasteiger partial charge in [0.15, 0.2) is 0 Å². The molecule has 2 rings (SSSR count). The maximum Gasteiger partial charge on any atom is 0.234 e. The van der Waals surface area contributed by atoms with Crippen LogP contribution in [0.2, 0.25) is 0 Å². The van der Waals surface area contributed by atoms with Crippen LogP contribution in [0, 0.1) is 5.92 Å². The molecule has 0 aliphatic heterocycles. The molecule has 1 N–H and O–H groups in total. The van der Waals surface area contributed by atoms with Gasteiger partial charge in [-0.1, -0.05) is 52.0 Å². The van der Waals surface area contributed by atoms with Gasteiger partial charge in [0.05, 0.1) is 6.54 Å². The van der Waals surface area contributed by atoms with E-state index in [1.807, 2.05) is 0 Å². The molecule has 1 saturated carbocycles. The summed E-state index contributed by atoms with van der Waals surface area (Å²) in [7, 11) is 0. The molecule has 122 valence electrons. The van der Waals surface area contributed by atoms with Crippen LogP contribution in [-0.4, -0.2) is 29.9 Å². The van der Waals surface area contributed by atoms with E-state index >= 15 is 0 Å². The highest BCUT2D eigenvalue weighted by atomic mass is 16.2. The van der Waals surface area contributed by atoms with Crippen molar-refractivity contribution in [3.05, 3.63) is 35.4 Å². The summed E-state index contributed by atoms with van der Waals surface area (Å²) in [5.74, 6) is 1.22. The van der Waals surface area contributed by atoms with Gasteiger partial charge in [-0.05, 0) is 35.8 Å². The number of nitrogens with zero attached hydrogens (tertiary/aromatic N) is 1. The van der Waals surface area contributed by atoms with Crippen molar-refractivity contribution in [2.24, 2.45) is 5.92 Å². The van der Waals surface area contributed by atoms with Crippen LogP contribution in [0.5, 0.6) is 0 Å². The Morgan fingerprint density at radius 3 is 2.32 bits per heavy atom. The lowest BCUT2D eigenvalue weighted by Gasteiger charge is -2.22. The standard InChI is InChI=1S/C19H30N2O/c1-14(2)11-20-19(22)13-21(18-9-10-18)12-16-5-7-17(8-6-16)15(3)4/h5-8,14-15,18H,9-13H2,1-4H3,(H,20,22). The Balaban J connectivity index is 1.90. The Morgan fingerprint density at radius 1 is 1.18 bits per heavy atom. The minimum Gasteiger partial charge on any atom is -0.355 e. The van der Waals surface area contributed by atoms with Crippen molar-refractivity contribution in [2.45, 2.75) is 59.0 Å². The smallest absolute Gasteiger partial charge is 0.234 e. The number of rotatable bonds is 8. The van der Waals surface area contributed by atoms with Crippen LogP contribution in [0.15, 0.2) is 24.3 Å². The number of amides is 1. The maximum atomic E-state index is 12.1. The first-order valence-corrected chi connectivity index (χ1v) is 8.55. The first-order valence-electron chi connectivity index (χ1n) is 8.55. The van der Waals surface area contributed by atoms with Crippen LogP contribution >= 0.6 is 0 Å². The minimum atomic E-state index is 0.152. The van der Waals surface area contributed by atoms with E-state index < -0.39 is 0 Å². The molecule has 1 aliphatic rings. The van der Waals surface area contributed by atoms with Crippen molar-refractivity contribution < 1.29 is 4.79 Å². The molecule has 0 heterocycles. The van der Waals surface area contributed by atoms with E-state index in [1.165, 1.54) is 24.0 Å². The molecular formula is C19H30N2O. The average molecular weight is 302 g/mol. The summed E-state index contributed by atoms with van der Waals surface area (Å²) >= 11 is 0. The summed E-state index contributed by atoms with van der Waals surface area (Å²) in [4.78, 5) is 14.4. The van der Waals surface area contributed by atoms with E-state index in [0.29, 0.717) is 24.4 Å². The molecule has 0 radical (unpaired) electrons. The molecule has 1 amide bonds. The normalized spacial score (nSPS) is 14.9. The van der Waals surface area contributed by atoms with Crippen LogP contribution in [0.3, 0.4) is 0 Å². The molecule has 3 nitrogen and oxygen atoms in total. The van der Waals surface area contributed by atoms with Gasteiger partial charge in [0.25, 0.3) is 0 Å². The van der Waals surface area contributed by atoms with Crippen LogP contribution in [0.4, 0.5) is 0 Å². The first-order chi connectivity index (χ1) is 10.5. The topological polar surface area (TPSA) is 32.3 Å². The highest BCUT2D eigenvalue weighted by Gasteiger charge is 2.30. The van der Waals surface area contributed by atoms with Crippen LogP contribution in [0.1, 0.15) is 57.6 Å². The lowest BCUT2D eigenvalue weighted by molar-refractivity contribution is -0.122. The van der Waals surface area contributed by atoms with Gasteiger partial charge < -0.3 is 5.32 Å². The van der Waals surface area contributed by atoms with Gasteiger partial charge in [-0.2, -0.15) is 0 Å². The second kappa shape index (κ2) is 7.77. The highest BCUT2D eigenvalue weighted by Crippen LogP contribution is 2.28. The SMILES string of the molecule is CC(C)CNC(=O)CN(Cc1ccc(C(C)C)cc1)C1CC1. The Kier molecular flexibility index (Phi) is 6.01. The number of hydrogen-bond donors (Lipinski definition) is 1. The van der Waals surface area contributed by atoms with E-state index in [9.17, 15) is 4.79 Å². The second-order valence-corrected chi connectivity index (χ2v) is 7.23. The third kappa shape index (κ3) is 5.45. The third-order valence-electron chi connectivity index (χ3n) is 4.15. The predicted octanol–water partition coefficient (Wildman–Crippen LogP) is 3.55. The summed E-state index contributed by atoms with van der Waals surface area (Å²) in [5.41, 5.74) is 2.67. The average Bonchev–Trinajstić information content (AvgIpc) is 3.29. The van der Waals surface area contributed by atoms with E-state index in [2.05, 4.69) is 62.2 Å². The zero-order valence-corrected chi connectivity index (χ0v) is 14.4. The summed E-state index contributed by atoms with van der Waals surface area (Å²) in [6.45, 7) is 10.8. The Labute approximate surface area is 135 Å². The fourth-order valence-electron chi connectivity index (χ4n) is 2.55. The molecule has 1 aromatic rings. The number of carbonyl (C=O) groups is 1. The molecule has 1 aromatic carbocycles. The van der Waals surface area contributed by atoms with E-state index in [-0.39, 0.29) is 5.91 Å².